The van der Waals surface area contributed by atoms with Crippen molar-refractivity contribution >= 4 is 27.3 Å². The van der Waals surface area contributed by atoms with E-state index in [9.17, 15) is 13.2 Å². The Bertz CT molecular complexity index is 650. The third-order valence-corrected chi connectivity index (χ3v) is 6.01. The zero-order chi connectivity index (χ0) is 17.6. The van der Waals surface area contributed by atoms with Crippen molar-refractivity contribution in [1.29, 1.82) is 0 Å². The maximum Gasteiger partial charge on any atom is 0.232 e. The van der Waals surface area contributed by atoms with Gasteiger partial charge in [-0.2, -0.15) is 0 Å². The number of amides is 1. The Balaban J connectivity index is 1.94. The molecule has 2 rings (SSSR count). The number of nitrogens with two attached hydrogens (primary N) is 1. The van der Waals surface area contributed by atoms with Crippen LogP contribution in [0.4, 0.5) is 11.4 Å². The molecule has 7 heteroatoms. The fourth-order valence-electron chi connectivity index (χ4n) is 3.17. The van der Waals surface area contributed by atoms with Gasteiger partial charge in [-0.05, 0) is 56.0 Å². The highest BCUT2D eigenvalue weighted by molar-refractivity contribution is 7.92. The number of carbonyl (C=O) groups excluding carboxylic acids is 1. The highest BCUT2D eigenvalue weighted by atomic mass is 32.2. The van der Waals surface area contributed by atoms with Crippen molar-refractivity contribution in [2.75, 3.05) is 22.3 Å². The first-order chi connectivity index (χ1) is 11.4. The van der Waals surface area contributed by atoms with E-state index in [4.69, 9.17) is 5.73 Å². The van der Waals surface area contributed by atoms with Crippen LogP contribution in [0.2, 0.25) is 0 Å². The lowest BCUT2D eigenvalue weighted by molar-refractivity contribution is -0.118. The zero-order valence-corrected chi connectivity index (χ0v) is 15.0. The van der Waals surface area contributed by atoms with Gasteiger partial charge >= 0.3 is 0 Å². The Morgan fingerprint density at radius 1 is 1.12 bits per heavy atom. The van der Waals surface area contributed by atoms with E-state index in [-0.39, 0.29) is 17.1 Å². The van der Waals surface area contributed by atoms with Crippen molar-refractivity contribution in [3.63, 3.8) is 0 Å². The van der Waals surface area contributed by atoms with Crippen LogP contribution >= 0.6 is 0 Å². The van der Waals surface area contributed by atoms with Crippen LogP contribution in [-0.2, 0) is 14.8 Å². The summed E-state index contributed by atoms with van der Waals surface area (Å²) in [6.07, 6.45) is 5.95. The van der Waals surface area contributed by atoms with Gasteiger partial charge in [0.25, 0.3) is 0 Å². The molecule has 4 N–H and O–H groups in total. The van der Waals surface area contributed by atoms with Gasteiger partial charge in [-0.15, -0.1) is 0 Å². The molecule has 0 aromatic heterocycles. The van der Waals surface area contributed by atoms with Crippen molar-refractivity contribution in [3.8, 4) is 0 Å². The Morgan fingerprint density at radius 3 is 2.25 bits per heavy atom. The standard InChI is InChI=1S/C17H27N3O3S/c1-2-24(22,23)20-15-8-6-14(7-9-15)19-16(21)12-17(13-18)10-4-3-5-11-17/h6-9,20H,2-5,10-13,18H2,1H3,(H,19,21). The molecule has 1 aliphatic rings. The number of nitrogens with one attached hydrogen (secondary N) is 2. The molecular weight excluding hydrogens is 326 g/mol. The lowest BCUT2D eigenvalue weighted by atomic mass is 9.71. The molecule has 0 atom stereocenters. The van der Waals surface area contributed by atoms with E-state index in [2.05, 4.69) is 10.0 Å². The lowest BCUT2D eigenvalue weighted by Gasteiger charge is -2.35. The molecule has 1 saturated carbocycles. The van der Waals surface area contributed by atoms with Gasteiger partial charge in [-0.3, -0.25) is 9.52 Å². The summed E-state index contributed by atoms with van der Waals surface area (Å²) in [5, 5.41) is 2.88. The van der Waals surface area contributed by atoms with Crippen molar-refractivity contribution in [2.24, 2.45) is 11.1 Å². The van der Waals surface area contributed by atoms with Gasteiger partial charge in [0, 0.05) is 17.8 Å². The highest BCUT2D eigenvalue weighted by Gasteiger charge is 2.32. The zero-order valence-electron chi connectivity index (χ0n) is 14.2. The van der Waals surface area contributed by atoms with Crippen LogP contribution in [0, 0.1) is 5.41 Å². The molecule has 1 aromatic rings. The van der Waals surface area contributed by atoms with Crippen LogP contribution in [0.1, 0.15) is 45.4 Å². The first-order valence-electron chi connectivity index (χ1n) is 8.48. The Morgan fingerprint density at radius 2 is 1.71 bits per heavy atom. The van der Waals surface area contributed by atoms with E-state index < -0.39 is 10.0 Å². The minimum atomic E-state index is -3.29. The number of carbonyl (C=O) groups is 1. The molecule has 1 aromatic carbocycles. The fraction of sp³-hybridized carbons (Fsp3) is 0.588. The summed E-state index contributed by atoms with van der Waals surface area (Å²) >= 11 is 0. The summed E-state index contributed by atoms with van der Waals surface area (Å²) in [6, 6.07) is 6.67. The molecule has 0 heterocycles. The molecule has 1 amide bonds. The summed E-state index contributed by atoms with van der Waals surface area (Å²) < 4.78 is 25.5. The van der Waals surface area contributed by atoms with Gasteiger partial charge in [0.05, 0.1) is 5.75 Å². The largest absolute Gasteiger partial charge is 0.330 e. The van der Waals surface area contributed by atoms with Gasteiger partial charge < -0.3 is 11.1 Å². The van der Waals surface area contributed by atoms with Crippen molar-refractivity contribution in [1.82, 2.24) is 0 Å². The quantitative estimate of drug-likeness (QED) is 0.701. The average Bonchev–Trinajstić information content (AvgIpc) is 2.57. The average molecular weight is 353 g/mol. The molecule has 0 saturated heterocycles. The minimum Gasteiger partial charge on any atom is -0.330 e. The van der Waals surface area contributed by atoms with E-state index in [0.717, 1.165) is 25.7 Å². The highest BCUT2D eigenvalue weighted by Crippen LogP contribution is 2.38. The first kappa shape index (κ1) is 18.7. The summed E-state index contributed by atoms with van der Waals surface area (Å²) in [7, 11) is -3.29. The second kappa shape index (κ2) is 7.98. The summed E-state index contributed by atoms with van der Waals surface area (Å²) in [5.74, 6) is -0.0172. The van der Waals surface area contributed by atoms with Crippen molar-refractivity contribution < 1.29 is 13.2 Å². The maximum absolute atomic E-state index is 12.3. The molecular formula is C17H27N3O3S. The second-order valence-corrected chi connectivity index (χ2v) is 8.58. The number of rotatable bonds is 7. The van der Waals surface area contributed by atoms with E-state index in [0.29, 0.717) is 24.3 Å². The smallest absolute Gasteiger partial charge is 0.232 e. The van der Waals surface area contributed by atoms with Crippen LogP contribution in [0.3, 0.4) is 0 Å². The predicted octanol–water partition coefficient (Wildman–Crippen LogP) is 2.69. The van der Waals surface area contributed by atoms with Crippen LogP contribution in [0.15, 0.2) is 24.3 Å². The predicted molar refractivity (Wildman–Crippen MR) is 97.3 cm³/mol. The van der Waals surface area contributed by atoms with Crippen LogP contribution in [-0.4, -0.2) is 26.6 Å². The minimum absolute atomic E-state index is 0.0205. The van der Waals surface area contributed by atoms with Gasteiger partial charge in [0.1, 0.15) is 0 Å². The van der Waals surface area contributed by atoms with E-state index >= 15 is 0 Å². The lowest BCUT2D eigenvalue weighted by Crippen LogP contribution is -2.36. The monoisotopic (exact) mass is 353 g/mol. The van der Waals surface area contributed by atoms with Crippen LogP contribution in [0.25, 0.3) is 0 Å². The van der Waals surface area contributed by atoms with E-state index in [1.54, 1.807) is 31.2 Å². The number of anilines is 2. The molecule has 0 bridgehead atoms. The number of benzene rings is 1. The van der Waals surface area contributed by atoms with Crippen molar-refractivity contribution in [2.45, 2.75) is 45.4 Å². The number of hydrogen-bond donors (Lipinski definition) is 3. The molecule has 0 unspecified atom stereocenters. The fourth-order valence-corrected chi connectivity index (χ4v) is 3.81. The molecule has 1 fully saturated rings. The molecule has 24 heavy (non-hydrogen) atoms. The molecule has 0 spiro atoms. The summed E-state index contributed by atoms with van der Waals surface area (Å²) in [6.45, 7) is 2.12. The van der Waals surface area contributed by atoms with Crippen LogP contribution in [0.5, 0.6) is 0 Å². The summed E-state index contributed by atoms with van der Waals surface area (Å²) in [4.78, 5) is 12.3. The number of sulfonamides is 1. The third-order valence-electron chi connectivity index (χ3n) is 4.70. The normalized spacial score (nSPS) is 17.2. The first-order valence-corrected chi connectivity index (χ1v) is 10.1. The molecule has 6 nitrogen and oxygen atoms in total. The SMILES string of the molecule is CCS(=O)(=O)Nc1ccc(NC(=O)CC2(CN)CCCCC2)cc1. The van der Waals surface area contributed by atoms with Gasteiger partial charge in [0.15, 0.2) is 0 Å². The van der Waals surface area contributed by atoms with E-state index in [1.807, 2.05) is 0 Å². The molecule has 0 aliphatic heterocycles. The van der Waals surface area contributed by atoms with Gasteiger partial charge in [0.2, 0.25) is 15.9 Å². The maximum atomic E-state index is 12.3. The third kappa shape index (κ3) is 5.21. The number of hydrogen-bond acceptors (Lipinski definition) is 4. The molecule has 134 valence electrons. The second-order valence-electron chi connectivity index (χ2n) is 6.57. The molecule has 0 radical (unpaired) electrons. The van der Waals surface area contributed by atoms with Gasteiger partial charge in [-0.25, -0.2) is 8.42 Å². The van der Waals surface area contributed by atoms with E-state index in [1.165, 1.54) is 6.42 Å². The topological polar surface area (TPSA) is 101 Å². The van der Waals surface area contributed by atoms with Gasteiger partial charge in [-0.1, -0.05) is 19.3 Å². The summed E-state index contributed by atoms with van der Waals surface area (Å²) in [5.41, 5.74) is 7.00. The Kier molecular flexibility index (Phi) is 6.23. The Hall–Kier alpha value is -1.60. The molecule has 1 aliphatic carbocycles. The van der Waals surface area contributed by atoms with Crippen molar-refractivity contribution in [3.05, 3.63) is 24.3 Å². The Labute approximate surface area is 144 Å². The van der Waals surface area contributed by atoms with Crippen LogP contribution < -0.4 is 15.8 Å².